The van der Waals surface area contributed by atoms with Gasteiger partial charge in [0.15, 0.2) is 23.0 Å². The second-order valence-electron chi connectivity index (χ2n) is 5.94. The van der Waals surface area contributed by atoms with E-state index in [0.717, 1.165) is 5.56 Å². The van der Waals surface area contributed by atoms with Crippen molar-refractivity contribution in [2.75, 3.05) is 33.8 Å². The SMILES string of the molecule is COc1ccc(NC(=O)C2CC(c3cccc(OC)c3OC)=NO2)cc1OC. The fraction of sp³-hybridized carbons (Fsp3) is 0.300. The van der Waals surface area contributed by atoms with E-state index in [-0.39, 0.29) is 5.91 Å². The molecule has 0 bridgehead atoms. The van der Waals surface area contributed by atoms with Gasteiger partial charge in [-0.1, -0.05) is 11.2 Å². The van der Waals surface area contributed by atoms with Crippen LogP contribution in [0.1, 0.15) is 12.0 Å². The van der Waals surface area contributed by atoms with Crippen LogP contribution in [0.15, 0.2) is 41.6 Å². The van der Waals surface area contributed by atoms with Gasteiger partial charge in [-0.2, -0.15) is 0 Å². The highest BCUT2D eigenvalue weighted by atomic mass is 16.6. The van der Waals surface area contributed by atoms with Gasteiger partial charge >= 0.3 is 0 Å². The number of oxime groups is 1. The van der Waals surface area contributed by atoms with Crippen molar-refractivity contribution in [3.8, 4) is 23.0 Å². The number of amides is 1. The largest absolute Gasteiger partial charge is 0.493 e. The minimum atomic E-state index is -0.751. The Labute approximate surface area is 163 Å². The van der Waals surface area contributed by atoms with Crippen molar-refractivity contribution in [2.45, 2.75) is 12.5 Å². The Bertz CT molecular complexity index is 896. The summed E-state index contributed by atoms with van der Waals surface area (Å²) in [5, 5.41) is 6.88. The molecule has 0 radical (unpaired) electrons. The zero-order valence-electron chi connectivity index (χ0n) is 16.1. The van der Waals surface area contributed by atoms with Crippen LogP contribution in [0.2, 0.25) is 0 Å². The first-order valence-corrected chi connectivity index (χ1v) is 8.58. The first-order valence-electron chi connectivity index (χ1n) is 8.58. The lowest BCUT2D eigenvalue weighted by Crippen LogP contribution is -2.28. The van der Waals surface area contributed by atoms with Crippen molar-refractivity contribution in [1.82, 2.24) is 0 Å². The average molecular weight is 386 g/mol. The molecule has 1 aliphatic rings. The van der Waals surface area contributed by atoms with Crippen molar-refractivity contribution < 1.29 is 28.6 Å². The van der Waals surface area contributed by atoms with Gasteiger partial charge in [-0.25, -0.2) is 0 Å². The molecule has 3 rings (SSSR count). The molecule has 1 unspecified atom stereocenters. The predicted molar refractivity (Wildman–Crippen MR) is 104 cm³/mol. The van der Waals surface area contributed by atoms with Crippen molar-refractivity contribution in [3.05, 3.63) is 42.0 Å². The van der Waals surface area contributed by atoms with Crippen molar-refractivity contribution in [1.29, 1.82) is 0 Å². The van der Waals surface area contributed by atoms with E-state index in [0.29, 0.717) is 40.8 Å². The van der Waals surface area contributed by atoms with E-state index >= 15 is 0 Å². The summed E-state index contributed by atoms with van der Waals surface area (Å²) in [6.45, 7) is 0. The summed E-state index contributed by atoms with van der Waals surface area (Å²) < 4.78 is 21.2. The molecule has 1 heterocycles. The highest BCUT2D eigenvalue weighted by Gasteiger charge is 2.31. The number of nitrogens with one attached hydrogen (secondary N) is 1. The van der Waals surface area contributed by atoms with Crippen LogP contribution in [-0.2, 0) is 9.63 Å². The first-order chi connectivity index (χ1) is 13.6. The lowest BCUT2D eigenvalue weighted by Gasteiger charge is -2.13. The lowest BCUT2D eigenvalue weighted by molar-refractivity contribution is -0.125. The van der Waals surface area contributed by atoms with Gasteiger partial charge in [0.25, 0.3) is 5.91 Å². The highest BCUT2D eigenvalue weighted by molar-refractivity contribution is 6.08. The van der Waals surface area contributed by atoms with E-state index in [9.17, 15) is 4.79 Å². The van der Waals surface area contributed by atoms with Gasteiger partial charge in [-0.3, -0.25) is 4.79 Å². The summed E-state index contributed by atoms with van der Waals surface area (Å²) in [5.74, 6) is 1.92. The first kappa shape index (κ1) is 19.3. The molecule has 28 heavy (non-hydrogen) atoms. The third-order valence-corrected chi connectivity index (χ3v) is 4.33. The zero-order chi connectivity index (χ0) is 20.1. The molecule has 148 valence electrons. The molecular formula is C20H22N2O6. The van der Waals surface area contributed by atoms with Gasteiger partial charge in [0.2, 0.25) is 6.10 Å². The van der Waals surface area contributed by atoms with Gasteiger partial charge in [0, 0.05) is 23.7 Å². The van der Waals surface area contributed by atoms with E-state index in [2.05, 4.69) is 10.5 Å². The van der Waals surface area contributed by atoms with Crippen LogP contribution in [-0.4, -0.2) is 46.2 Å². The standard InChI is InChI=1S/C20H22N2O6/c1-24-15-9-8-12(10-17(15)26-3)21-20(23)18-11-14(22-28-18)13-6-5-7-16(25-2)19(13)27-4/h5-10,18H,11H2,1-4H3,(H,21,23). The Morgan fingerprint density at radius 1 is 1.00 bits per heavy atom. The van der Waals surface area contributed by atoms with Crippen LogP contribution in [0.5, 0.6) is 23.0 Å². The number of methoxy groups -OCH3 is 4. The molecule has 8 heteroatoms. The van der Waals surface area contributed by atoms with Crippen molar-refractivity contribution in [2.24, 2.45) is 5.16 Å². The van der Waals surface area contributed by atoms with Crippen molar-refractivity contribution in [3.63, 3.8) is 0 Å². The Hall–Kier alpha value is -3.42. The average Bonchev–Trinajstić information content (AvgIpc) is 3.23. The lowest BCUT2D eigenvalue weighted by atomic mass is 10.0. The van der Waals surface area contributed by atoms with E-state index in [1.165, 1.54) is 7.11 Å². The second-order valence-corrected chi connectivity index (χ2v) is 5.94. The molecule has 8 nitrogen and oxygen atoms in total. The summed E-state index contributed by atoms with van der Waals surface area (Å²) in [4.78, 5) is 17.9. The topological polar surface area (TPSA) is 87.6 Å². The zero-order valence-corrected chi connectivity index (χ0v) is 16.1. The van der Waals surface area contributed by atoms with Gasteiger partial charge in [0.05, 0.1) is 34.2 Å². The molecule has 0 spiro atoms. The molecule has 0 saturated heterocycles. The third-order valence-electron chi connectivity index (χ3n) is 4.33. The number of benzene rings is 2. The molecule has 1 atom stereocenters. The summed E-state index contributed by atoms with van der Waals surface area (Å²) >= 11 is 0. The van der Waals surface area contributed by atoms with E-state index in [1.54, 1.807) is 45.6 Å². The monoisotopic (exact) mass is 386 g/mol. The number of nitrogens with zero attached hydrogens (tertiary/aromatic N) is 1. The Morgan fingerprint density at radius 2 is 1.75 bits per heavy atom. The second kappa shape index (κ2) is 8.51. The van der Waals surface area contributed by atoms with Gasteiger partial charge < -0.3 is 29.1 Å². The normalized spacial score (nSPS) is 15.3. The summed E-state index contributed by atoms with van der Waals surface area (Å²) in [6, 6.07) is 10.6. The molecular weight excluding hydrogens is 364 g/mol. The molecule has 1 aliphatic heterocycles. The number of para-hydroxylation sites is 1. The number of hydrogen-bond donors (Lipinski definition) is 1. The van der Waals surface area contributed by atoms with Crippen LogP contribution in [0.3, 0.4) is 0 Å². The number of ether oxygens (including phenoxy) is 4. The van der Waals surface area contributed by atoms with Gasteiger partial charge in [-0.15, -0.1) is 0 Å². The minimum absolute atomic E-state index is 0.308. The smallest absolute Gasteiger partial charge is 0.268 e. The molecule has 2 aromatic rings. The van der Waals surface area contributed by atoms with E-state index in [4.69, 9.17) is 23.8 Å². The molecule has 0 aliphatic carbocycles. The molecule has 2 aromatic carbocycles. The predicted octanol–water partition coefficient (Wildman–Crippen LogP) is 2.85. The molecule has 0 aromatic heterocycles. The number of rotatable bonds is 7. The summed E-state index contributed by atoms with van der Waals surface area (Å²) in [6.07, 6.45) is -0.443. The van der Waals surface area contributed by atoms with Gasteiger partial charge in [0.1, 0.15) is 0 Å². The molecule has 0 fully saturated rings. The maximum Gasteiger partial charge on any atom is 0.268 e. The van der Waals surface area contributed by atoms with Crippen LogP contribution >= 0.6 is 0 Å². The maximum atomic E-state index is 12.6. The summed E-state index contributed by atoms with van der Waals surface area (Å²) in [7, 11) is 6.20. The molecule has 1 N–H and O–H groups in total. The van der Waals surface area contributed by atoms with E-state index in [1.807, 2.05) is 12.1 Å². The number of carbonyl (C=O) groups is 1. The number of anilines is 1. The van der Waals surface area contributed by atoms with Crippen LogP contribution < -0.4 is 24.3 Å². The van der Waals surface area contributed by atoms with Gasteiger partial charge in [-0.05, 0) is 24.3 Å². The quantitative estimate of drug-likeness (QED) is 0.787. The maximum absolute atomic E-state index is 12.6. The molecule has 1 amide bonds. The Morgan fingerprint density at radius 3 is 2.43 bits per heavy atom. The van der Waals surface area contributed by atoms with Crippen LogP contribution in [0.25, 0.3) is 0 Å². The summed E-state index contributed by atoms with van der Waals surface area (Å²) in [5.41, 5.74) is 1.91. The minimum Gasteiger partial charge on any atom is -0.493 e. The highest BCUT2D eigenvalue weighted by Crippen LogP contribution is 2.34. The third kappa shape index (κ3) is 3.80. The Balaban J connectivity index is 1.71. The van der Waals surface area contributed by atoms with Crippen molar-refractivity contribution >= 4 is 17.3 Å². The fourth-order valence-corrected chi connectivity index (χ4v) is 2.93. The Kier molecular flexibility index (Phi) is 5.88. The number of hydrogen-bond acceptors (Lipinski definition) is 7. The van der Waals surface area contributed by atoms with Crippen LogP contribution in [0, 0.1) is 0 Å². The number of carbonyl (C=O) groups excluding carboxylic acids is 1. The van der Waals surface area contributed by atoms with E-state index < -0.39 is 6.10 Å². The molecule has 0 saturated carbocycles. The van der Waals surface area contributed by atoms with Crippen LogP contribution in [0.4, 0.5) is 5.69 Å². The fourth-order valence-electron chi connectivity index (χ4n) is 2.93.